The van der Waals surface area contributed by atoms with Gasteiger partial charge in [-0.15, -0.1) is 0 Å². The van der Waals surface area contributed by atoms with Crippen molar-refractivity contribution < 1.29 is 19.2 Å². The lowest BCUT2D eigenvalue weighted by atomic mass is 10.3. The molecule has 7 nitrogen and oxygen atoms in total. The van der Waals surface area contributed by atoms with Gasteiger partial charge in [-0.3, -0.25) is 0 Å². The maximum atomic E-state index is 11.1. The molecule has 0 amide bonds. The predicted molar refractivity (Wildman–Crippen MR) is 44.3 cm³/mol. The van der Waals surface area contributed by atoms with Crippen LogP contribution >= 0.6 is 0 Å². The van der Waals surface area contributed by atoms with Crippen molar-refractivity contribution in [2.24, 2.45) is 5.73 Å². The summed E-state index contributed by atoms with van der Waals surface area (Å²) in [5, 5.41) is 12.0. The summed E-state index contributed by atoms with van der Waals surface area (Å²) in [4.78, 5) is 14.7. The van der Waals surface area contributed by atoms with Crippen LogP contribution in [0.25, 0.3) is 0 Å². The van der Waals surface area contributed by atoms with Crippen molar-refractivity contribution in [1.29, 1.82) is 0 Å². The first-order valence-corrected chi connectivity index (χ1v) is 4.06. The Kier molecular flexibility index (Phi) is 3.55. The number of nitrogens with two attached hydrogens (primary N) is 1. The quantitative estimate of drug-likeness (QED) is 0.615. The van der Waals surface area contributed by atoms with Crippen LogP contribution < -0.4 is 5.73 Å². The Balaban J connectivity index is 2.72. The Morgan fingerprint density at radius 1 is 1.79 bits per heavy atom. The van der Waals surface area contributed by atoms with Gasteiger partial charge in [-0.25, -0.2) is 4.79 Å². The number of carbonyl (C=O) groups is 1. The normalized spacial score (nSPS) is 12.5. The number of aliphatic hydroxyl groups is 1. The van der Waals surface area contributed by atoms with Gasteiger partial charge in [-0.05, 0) is 12.1 Å². The van der Waals surface area contributed by atoms with E-state index in [2.05, 4.69) is 19.4 Å². The summed E-state index contributed by atoms with van der Waals surface area (Å²) in [7, 11) is 0. The molecule has 1 atom stereocenters. The van der Waals surface area contributed by atoms with Crippen molar-refractivity contribution in [3.63, 3.8) is 0 Å². The van der Waals surface area contributed by atoms with E-state index in [9.17, 15) is 4.79 Å². The fraction of sp³-hybridized carbons (Fsp3) is 0.571. The molecule has 0 bridgehead atoms. The van der Waals surface area contributed by atoms with Gasteiger partial charge in [0, 0.05) is 0 Å². The maximum absolute atomic E-state index is 11.1. The number of carbonyl (C=O) groups excluding carboxylic acids is 1. The first kappa shape index (κ1) is 10.6. The van der Waals surface area contributed by atoms with Gasteiger partial charge in [-0.1, -0.05) is 0 Å². The Labute approximate surface area is 79.9 Å². The standard InChI is InChI=1S/C7H11N3O4/c1-2-13-7(12)5-9-6(14-10-5)4(8)3-11/h4,11H,2-3,8H2,1H3/t4-/m1/s1. The number of esters is 1. The molecule has 0 aliphatic carbocycles. The maximum Gasteiger partial charge on any atom is 0.379 e. The third-order valence-electron chi connectivity index (χ3n) is 1.41. The molecule has 0 aromatic carbocycles. The van der Waals surface area contributed by atoms with Crippen molar-refractivity contribution in [2.45, 2.75) is 13.0 Å². The Morgan fingerprint density at radius 3 is 3.07 bits per heavy atom. The molecular weight excluding hydrogens is 190 g/mol. The van der Waals surface area contributed by atoms with Crippen LogP contribution in [0.1, 0.15) is 29.5 Å². The van der Waals surface area contributed by atoms with Gasteiger partial charge in [0.1, 0.15) is 6.04 Å². The summed E-state index contributed by atoms with van der Waals surface area (Å²) >= 11 is 0. The Bertz CT molecular complexity index is 312. The third kappa shape index (κ3) is 2.27. The number of aliphatic hydroxyl groups excluding tert-OH is 1. The van der Waals surface area contributed by atoms with Crippen molar-refractivity contribution in [3.05, 3.63) is 11.7 Å². The molecule has 0 aliphatic heterocycles. The van der Waals surface area contributed by atoms with E-state index in [1.807, 2.05) is 0 Å². The second kappa shape index (κ2) is 4.68. The minimum atomic E-state index is -0.773. The molecule has 1 aromatic heterocycles. The highest BCUT2D eigenvalue weighted by molar-refractivity contribution is 5.84. The number of hydrogen-bond acceptors (Lipinski definition) is 7. The lowest BCUT2D eigenvalue weighted by molar-refractivity contribution is 0.0508. The zero-order valence-electron chi connectivity index (χ0n) is 7.64. The van der Waals surface area contributed by atoms with Gasteiger partial charge in [0.25, 0.3) is 5.82 Å². The molecule has 0 spiro atoms. The third-order valence-corrected chi connectivity index (χ3v) is 1.41. The van der Waals surface area contributed by atoms with Gasteiger partial charge in [0.15, 0.2) is 0 Å². The first-order valence-electron chi connectivity index (χ1n) is 4.06. The number of ether oxygens (including phenoxy) is 1. The van der Waals surface area contributed by atoms with Crippen LogP contribution in [0.3, 0.4) is 0 Å². The molecule has 7 heteroatoms. The van der Waals surface area contributed by atoms with Crippen LogP contribution in [0.15, 0.2) is 4.52 Å². The molecule has 1 rings (SSSR count). The van der Waals surface area contributed by atoms with Gasteiger partial charge >= 0.3 is 5.97 Å². The summed E-state index contributed by atoms with van der Waals surface area (Å²) in [6, 6.07) is -0.773. The zero-order valence-corrected chi connectivity index (χ0v) is 7.64. The average Bonchev–Trinajstić information content (AvgIpc) is 2.66. The summed E-state index contributed by atoms with van der Waals surface area (Å²) in [5.41, 5.74) is 5.38. The van der Waals surface area contributed by atoms with E-state index in [1.54, 1.807) is 6.92 Å². The van der Waals surface area contributed by atoms with Crippen LogP contribution in [0.2, 0.25) is 0 Å². The van der Waals surface area contributed by atoms with E-state index in [1.165, 1.54) is 0 Å². The van der Waals surface area contributed by atoms with E-state index < -0.39 is 12.0 Å². The highest BCUT2D eigenvalue weighted by Crippen LogP contribution is 2.06. The smallest absolute Gasteiger partial charge is 0.379 e. The summed E-state index contributed by atoms with van der Waals surface area (Å²) < 4.78 is 9.27. The van der Waals surface area contributed by atoms with Crippen molar-refractivity contribution >= 4 is 5.97 Å². The summed E-state index contributed by atoms with van der Waals surface area (Å²) in [6.45, 7) is 1.57. The van der Waals surface area contributed by atoms with Crippen LogP contribution in [0.4, 0.5) is 0 Å². The minimum absolute atomic E-state index is 0.00977. The zero-order chi connectivity index (χ0) is 10.6. The topological polar surface area (TPSA) is 111 Å². The van der Waals surface area contributed by atoms with Gasteiger partial charge in [-0.2, -0.15) is 4.98 Å². The van der Waals surface area contributed by atoms with Crippen molar-refractivity contribution in [2.75, 3.05) is 13.2 Å². The molecule has 78 valence electrons. The van der Waals surface area contributed by atoms with Gasteiger partial charge in [0.2, 0.25) is 5.89 Å². The Morgan fingerprint density at radius 2 is 2.50 bits per heavy atom. The van der Waals surface area contributed by atoms with Crippen LogP contribution in [0, 0.1) is 0 Å². The predicted octanol–water partition coefficient (Wildman–Crippen LogP) is -0.762. The molecule has 14 heavy (non-hydrogen) atoms. The number of hydrogen-bond donors (Lipinski definition) is 2. The molecule has 1 heterocycles. The summed E-state index contributed by atoms with van der Waals surface area (Å²) in [5.74, 6) is -0.853. The first-order chi connectivity index (χ1) is 6.69. The van der Waals surface area contributed by atoms with E-state index in [4.69, 9.17) is 10.8 Å². The van der Waals surface area contributed by atoms with E-state index >= 15 is 0 Å². The highest BCUT2D eigenvalue weighted by Gasteiger charge is 2.18. The minimum Gasteiger partial charge on any atom is -0.460 e. The van der Waals surface area contributed by atoms with Crippen molar-refractivity contribution in [1.82, 2.24) is 10.1 Å². The molecule has 0 unspecified atom stereocenters. The van der Waals surface area contributed by atoms with E-state index in [-0.39, 0.29) is 24.9 Å². The van der Waals surface area contributed by atoms with Crippen LogP contribution in [-0.4, -0.2) is 34.4 Å². The van der Waals surface area contributed by atoms with Crippen LogP contribution in [-0.2, 0) is 4.74 Å². The number of rotatable bonds is 4. The molecule has 0 radical (unpaired) electrons. The summed E-state index contributed by atoms with van der Waals surface area (Å²) in [6.07, 6.45) is 0. The lowest BCUT2D eigenvalue weighted by Gasteiger charge is -1.98. The largest absolute Gasteiger partial charge is 0.460 e. The molecule has 3 N–H and O–H groups in total. The van der Waals surface area contributed by atoms with Crippen molar-refractivity contribution in [3.8, 4) is 0 Å². The second-order valence-corrected chi connectivity index (χ2v) is 2.47. The number of nitrogens with zero attached hydrogens (tertiary/aromatic N) is 2. The molecule has 0 aliphatic rings. The molecule has 0 saturated carbocycles. The highest BCUT2D eigenvalue weighted by atomic mass is 16.5. The van der Waals surface area contributed by atoms with Gasteiger partial charge in [0.05, 0.1) is 13.2 Å². The van der Waals surface area contributed by atoms with E-state index in [0.717, 1.165) is 0 Å². The van der Waals surface area contributed by atoms with Crippen LogP contribution in [0.5, 0.6) is 0 Å². The molecular formula is C7H11N3O4. The monoisotopic (exact) mass is 201 g/mol. The SMILES string of the molecule is CCOC(=O)c1noc([C@H](N)CO)n1. The second-order valence-electron chi connectivity index (χ2n) is 2.47. The van der Waals surface area contributed by atoms with Gasteiger partial charge < -0.3 is 20.1 Å². The molecule has 0 fully saturated rings. The Hall–Kier alpha value is -1.47. The van der Waals surface area contributed by atoms with E-state index in [0.29, 0.717) is 0 Å². The average molecular weight is 201 g/mol. The fourth-order valence-corrected chi connectivity index (χ4v) is 0.742. The molecule has 0 saturated heterocycles. The molecule has 1 aromatic rings. The number of aromatic nitrogens is 2. The lowest BCUT2D eigenvalue weighted by Crippen LogP contribution is -2.15. The fourth-order valence-electron chi connectivity index (χ4n) is 0.742.